The van der Waals surface area contributed by atoms with Gasteiger partial charge in [0.25, 0.3) is 0 Å². The number of hydrogen-bond acceptors (Lipinski definition) is 2. The number of hydrogen-bond donors (Lipinski definition) is 0. The Morgan fingerprint density at radius 3 is 2.24 bits per heavy atom. The van der Waals surface area contributed by atoms with Gasteiger partial charge in [-0.25, -0.2) is 0 Å². The summed E-state index contributed by atoms with van der Waals surface area (Å²) in [4.78, 5) is 0. The van der Waals surface area contributed by atoms with E-state index in [1.54, 1.807) is 0 Å². The van der Waals surface area contributed by atoms with E-state index in [-0.39, 0.29) is 4.75 Å². The van der Waals surface area contributed by atoms with Crippen LogP contribution in [0.5, 0.6) is 0 Å². The van der Waals surface area contributed by atoms with E-state index in [0.29, 0.717) is 0 Å². The summed E-state index contributed by atoms with van der Waals surface area (Å²) >= 11 is 1.90. The minimum atomic E-state index is 0.00219. The van der Waals surface area contributed by atoms with Crippen LogP contribution in [-0.2, 0) is 0 Å². The Bertz CT molecular complexity index is 226. The molecule has 1 heterocycles. The first-order chi connectivity index (χ1) is 8.33. The Morgan fingerprint density at radius 1 is 1.06 bits per heavy atom. The third kappa shape index (κ3) is 5.82. The summed E-state index contributed by atoms with van der Waals surface area (Å²) in [6, 6.07) is 2.56. The highest BCUT2D eigenvalue weighted by Crippen LogP contribution is 2.41. The lowest BCUT2D eigenvalue weighted by atomic mass is 9.96. The molecule has 0 aromatic heterocycles. The van der Waals surface area contributed by atoms with E-state index in [1.807, 2.05) is 11.8 Å². The molecule has 1 rings (SSSR count). The van der Waals surface area contributed by atoms with Gasteiger partial charge in [-0.15, -0.1) is 11.8 Å². The van der Waals surface area contributed by atoms with Crippen LogP contribution in [-0.4, -0.2) is 10.5 Å². The normalized spacial score (nSPS) is 23.8. The van der Waals surface area contributed by atoms with Gasteiger partial charge < -0.3 is 0 Å². The molecular weight excluding hydrogens is 226 g/mol. The van der Waals surface area contributed by atoms with E-state index in [9.17, 15) is 5.26 Å². The summed E-state index contributed by atoms with van der Waals surface area (Å²) in [6.45, 7) is 2.26. The zero-order valence-electron chi connectivity index (χ0n) is 11.3. The minimum absolute atomic E-state index is 0.00219. The van der Waals surface area contributed by atoms with Gasteiger partial charge in [-0.3, -0.25) is 0 Å². The zero-order chi connectivity index (χ0) is 12.4. The first-order valence-corrected chi connectivity index (χ1v) is 8.37. The van der Waals surface area contributed by atoms with Crippen molar-refractivity contribution in [3.8, 4) is 6.07 Å². The van der Waals surface area contributed by atoms with Gasteiger partial charge in [0.2, 0.25) is 0 Å². The van der Waals surface area contributed by atoms with Crippen LogP contribution in [0.15, 0.2) is 0 Å². The van der Waals surface area contributed by atoms with Gasteiger partial charge >= 0.3 is 0 Å². The molecule has 1 aliphatic rings. The van der Waals surface area contributed by atoms with Crippen LogP contribution in [0.4, 0.5) is 0 Å². The van der Waals surface area contributed by atoms with E-state index in [2.05, 4.69) is 13.0 Å². The van der Waals surface area contributed by atoms with Crippen LogP contribution in [0.25, 0.3) is 0 Å². The first kappa shape index (κ1) is 14.9. The Labute approximate surface area is 111 Å². The second-order valence-corrected chi connectivity index (χ2v) is 6.76. The molecule has 0 aromatic rings. The molecule has 98 valence electrons. The third-order valence-electron chi connectivity index (χ3n) is 3.74. The standard InChI is InChI=1S/C15H27NS/c1-2-3-4-5-6-7-8-9-11-15(14-16)12-10-13-17-15/h2-13H2,1H3. The van der Waals surface area contributed by atoms with Crippen molar-refractivity contribution in [1.29, 1.82) is 5.26 Å². The molecule has 2 heteroatoms. The average molecular weight is 253 g/mol. The average Bonchev–Trinajstić information content (AvgIpc) is 2.82. The molecule has 1 aliphatic heterocycles. The summed E-state index contributed by atoms with van der Waals surface area (Å²) in [5.41, 5.74) is 0. The maximum absolute atomic E-state index is 9.25. The molecule has 0 N–H and O–H groups in total. The smallest absolute Gasteiger partial charge is 0.102 e. The summed E-state index contributed by atoms with van der Waals surface area (Å²) < 4.78 is 0.00219. The highest BCUT2D eigenvalue weighted by molar-refractivity contribution is 8.01. The lowest BCUT2D eigenvalue weighted by molar-refractivity contribution is 0.531. The summed E-state index contributed by atoms with van der Waals surface area (Å²) in [5, 5.41) is 9.25. The Hall–Kier alpha value is -0.160. The molecule has 0 spiro atoms. The van der Waals surface area contributed by atoms with E-state index < -0.39 is 0 Å². The van der Waals surface area contributed by atoms with Crippen molar-refractivity contribution in [1.82, 2.24) is 0 Å². The van der Waals surface area contributed by atoms with Crippen molar-refractivity contribution in [3.63, 3.8) is 0 Å². The molecule has 0 saturated carbocycles. The fraction of sp³-hybridized carbons (Fsp3) is 0.933. The van der Waals surface area contributed by atoms with Crippen LogP contribution >= 0.6 is 11.8 Å². The maximum Gasteiger partial charge on any atom is 0.102 e. The van der Waals surface area contributed by atoms with Gasteiger partial charge in [0.05, 0.1) is 6.07 Å². The Morgan fingerprint density at radius 2 is 1.71 bits per heavy atom. The Kier molecular flexibility index (Phi) is 7.77. The summed E-state index contributed by atoms with van der Waals surface area (Å²) in [7, 11) is 0. The zero-order valence-corrected chi connectivity index (χ0v) is 12.2. The van der Waals surface area contributed by atoms with Crippen LogP contribution in [0.3, 0.4) is 0 Å². The van der Waals surface area contributed by atoms with Crippen molar-refractivity contribution in [2.75, 3.05) is 5.75 Å². The van der Waals surface area contributed by atoms with E-state index in [0.717, 1.165) is 12.8 Å². The molecule has 1 nitrogen and oxygen atoms in total. The largest absolute Gasteiger partial charge is 0.197 e. The summed E-state index contributed by atoms with van der Waals surface area (Å²) in [6.07, 6.45) is 14.4. The second-order valence-electron chi connectivity index (χ2n) is 5.28. The van der Waals surface area contributed by atoms with Crippen molar-refractivity contribution in [2.24, 2.45) is 0 Å². The lowest BCUT2D eigenvalue weighted by Crippen LogP contribution is -2.17. The number of nitriles is 1. The number of unbranched alkanes of at least 4 members (excludes halogenated alkanes) is 7. The summed E-state index contributed by atoms with van der Waals surface area (Å²) in [5.74, 6) is 1.20. The quantitative estimate of drug-likeness (QED) is 0.520. The fourth-order valence-electron chi connectivity index (χ4n) is 2.58. The van der Waals surface area contributed by atoms with Gasteiger partial charge in [-0.05, 0) is 25.0 Å². The van der Waals surface area contributed by atoms with Gasteiger partial charge in [-0.1, -0.05) is 58.3 Å². The fourth-order valence-corrected chi connectivity index (χ4v) is 3.90. The minimum Gasteiger partial charge on any atom is -0.197 e. The third-order valence-corrected chi connectivity index (χ3v) is 5.29. The van der Waals surface area contributed by atoms with Crippen molar-refractivity contribution in [3.05, 3.63) is 0 Å². The van der Waals surface area contributed by atoms with Gasteiger partial charge in [0, 0.05) is 0 Å². The van der Waals surface area contributed by atoms with Crippen LogP contribution in [0.1, 0.15) is 77.6 Å². The number of nitrogens with zero attached hydrogens (tertiary/aromatic N) is 1. The Balaban J connectivity index is 1.95. The van der Waals surface area contributed by atoms with Crippen LogP contribution in [0.2, 0.25) is 0 Å². The van der Waals surface area contributed by atoms with Gasteiger partial charge in [-0.2, -0.15) is 5.26 Å². The van der Waals surface area contributed by atoms with Gasteiger partial charge in [0.15, 0.2) is 0 Å². The number of rotatable bonds is 9. The first-order valence-electron chi connectivity index (χ1n) is 7.38. The van der Waals surface area contributed by atoms with E-state index >= 15 is 0 Å². The SMILES string of the molecule is CCCCCCCCCCC1(C#N)CCCS1. The molecule has 1 unspecified atom stereocenters. The maximum atomic E-state index is 9.25. The molecule has 1 saturated heterocycles. The van der Waals surface area contributed by atoms with Crippen molar-refractivity contribution < 1.29 is 0 Å². The molecule has 1 atom stereocenters. The van der Waals surface area contributed by atoms with E-state index in [4.69, 9.17) is 0 Å². The molecule has 1 fully saturated rings. The highest BCUT2D eigenvalue weighted by atomic mass is 32.2. The molecule has 17 heavy (non-hydrogen) atoms. The van der Waals surface area contributed by atoms with Crippen LogP contribution in [0, 0.1) is 11.3 Å². The van der Waals surface area contributed by atoms with Crippen molar-refractivity contribution in [2.45, 2.75) is 82.3 Å². The topological polar surface area (TPSA) is 23.8 Å². The molecule has 0 radical (unpaired) electrons. The molecule has 0 aromatic carbocycles. The van der Waals surface area contributed by atoms with Crippen LogP contribution < -0.4 is 0 Å². The molecule has 0 aliphatic carbocycles. The predicted molar refractivity (Wildman–Crippen MR) is 77.3 cm³/mol. The predicted octanol–water partition coefficient (Wildman–Crippen LogP) is 5.31. The molecule has 0 amide bonds. The van der Waals surface area contributed by atoms with Gasteiger partial charge in [0.1, 0.15) is 4.75 Å². The van der Waals surface area contributed by atoms with Crippen molar-refractivity contribution >= 4 is 11.8 Å². The molecular formula is C15H27NS. The molecule has 0 bridgehead atoms. The monoisotopic (exact) mass is 253 g/mol. The highest BCUT2D eigenvalue weighted by Gasteiger charge is 2.33. The second kappa shape index (κ2) is 8.86. The lowest BCUT2D eigenvalue weighted by Gasteiger charge is -2.18. The van der Waals surface area contributed by atoms with E-state index in [1.165, 1.54) is 63.5 Å². The number of thioether (sulfide) groups is 1.